The number of rotatable bonds is 3. The molecule has 7 heteroatoms. The van der Waals surface area contributed by atoms with Gasteiger partial charge in [-0.1, -0.05) is 30.3 Å². The number of pyridine rings is 1. The molecule has 1 fully saturated rings. The van der Waals surface area contributed by atoms with Crippen molar-refractivity contribution in [3.05, 3.63) is 76.5 Å². The monoisotopic (exact) mass is 389 g/mol. The van der Waals surface area contributed by atoms with Crippen LogP contribution in [0.4, 0.5) is 4.79 Å². The maximum Gasteiger partial charge on any atom is 0.317 e. The van der Waals surface area contributed by atoms with Gasteiger partial charge in [0.1, 0.15) is 5.82 Å². The van der Waals surface area contributed by atoms with Gasteiger partial charge >= 0.3 is 6.03 Å². The fraction of sp³-hybridized carbons (Fsp3) is 0.318. The van der Waals surface area contributed by atoms with Crippen molar-refractivity contribution in [3.8, 4) is 11.4 Å². The standard InChI is InChI=1S/C22H23N5O2/c28-21-18(20-23-8-9-24-20)6-7-19-17-10-16(13-27(19)21)12-26(14-17)22(29)25-11-15-4-2-1-3-5-15/h1-9,16-17H,10-14H2,(H,23,24)(H,25,29)/t16-,17+/m0/s1. The molecule has 1 saturated heterocycles. The molecule has 29 heavy (non-hydrogen) atoms. The summed E-state index contributed by atoms with van der Waals surface area (Å²) in [5.74, 6) is 1.07. The second-order valence-electron chi connectivity index (χ2n) is 7.87. The summed E-state index contributed by atoms with van der Waals surface area (Å²) in [6, 6.07) is 13.7. The van der Waals surface area contributed by atoms with Crippen LogP contribution in [0, 0.1) is 5.92 Å². The van der Waals surface area contributed by atoms with Gasteiger partial charge in [0.05, 0.1) is 5.56 Å². The third kappa shape index (κ3) is 3.33. The van der Waals surface area contributed by atoms with E-state index in [1.54, 1.807) is 12.4 Å². The minimum Gasteiger partial charge on any atom is -0.344 e. The smallest absolute Gasteiger partial charge is 0.317 e. The van der Waals surface area contributed by atoms with Crippen molar-refractivity contribution in [3.63, 3.8) is 0 Å². The zero-order valence-electron chi connectivity index (χ0n) is 16.0. The first-order valence-electron chi connectivity index (χ1n) is 9.99. The Hall–Kier alpha value is -3.35. The van der Waals surface area contributed by atoms with Gasteiger partial charge in [-0.15, -0.1) is 0 Å². The highest BCUT2D eigenvalue weighted by atomic mass is 16.2. The van der Waals surface area contributed by atoms with E-state index in [2.05, 4.69) is 15.3 Å². The lowest BCUT2D eigenvalue weighted by atomic mass is 9.83. The van der Waals surface area contributed by atoms with Crippen molar-refractivity contribution in [2.45, 2.75) is 25.4 Å². The molecule has 1 aromatic carbocycles. The van der Waals surface area contributed by atoms with Crippen LogP contribution < -0.4 is 10.9 Å². The summed E-state index contributed by atoms with van der Waals surface area (Å²) in [5, 5.41) is 3.03. The third-order valence-electron chi connectivity index (χ3n) is 5.93. The lowest BCUT2D eigenvalue weighted by molar-refractivity contribution is 0.131. The van der Waals surface area contributed by atoms with Crippen LogP contribution in [-0.2, 0) is 13.1 Å². The number of likely N-dealkylation sites (tertiary alicyclic amines) is 1. The molecule has 2 aliphatic rings. The molecule has 0 aliphatic carbocycles. The van der Waals surface area contributed by atoms with E-state index in [4.69, 9.17) is 0 Å². The number of imidazole rings is 1. The van der Waals surface area contributed by atoms with Crippen LogP contribution in [0.25, 0.3) is 11.4 Å². The topological polar surface area (TPSA) is 83.0 Å². The molecular formula is C22H23N5O2. The van der Waals surface area contributed by atoms with Gasteiger partial charge in [0.15, 0.2) is 0 Å². The summed E-state index contributed by atoms with van der Waals surface area (Å²) in [4.78, 5) is 34.9. The molecule has 2 amide bonds. The quantitative estimate of drug-likeness (QED) is 0.722. The fourth-order valence-corrected chi connectivity index (χ4v) is 4.59. The average Bonchev–Trinajstić information content (AvgIpc) is 3.28. The Labute approximate surface area is 168 Å². The Bertz CT molecular complexity index is 1070. The van der Waals surface area contributed by atoms with Crippen LogP contribution in [0.3, 0.4) is 0 Å². The summed E-state index contributed by atoms with van der Waals surface area (Å²) >= 11 is 0. The number of benzene rings is 1. The van der Waals surface area contributed by atoms with Gasteiger partial charge < -0.3 is 19.8 Å². The molecule has 5 rings (SSSR count). The SMILES string of the molecule is O=C(NCc1ccccc1)N1C[C@@H]2C[C@H](C1)c1ccc(-c3ncc[nH]3)c(=O)n1C2. The number of nitrogens with zero attached hydrogens (tertiary/aromatic N) is 3. The zero-order chi connectivity index (χ0) is 19.8. The molecule has 7 nitrogen and oxygen atoms in total. The van der Waals surface area contributed by atoms with Gasteiger partial charge in [0.2, 0.25) is 0 Å². The van der Waals surface area contributed by atoms with Crippen molar-refractivity contribution in [2.24, 2.45) is 5.92 Å². The number of piperidine rings is 1. The maximum atomic E-state index is 13.0. The van der Waals surface area contributed by atoms with Gasteiger partial charge in [0, 0.05) is 50.2 Å². The minimum absolute atomic E-state index is 0.00544. The number of nitrogens with one attached hydrogen (secondary N) is 2. The Morgan fingerprint density at radius 3 is 2.79 bits per heavy atom. The lowest BCUT2D eigenvalue weighted by Crippen LogP contribution is -2.51. The molecule has 2 aromatic heterocycles. The Kier molecular flexibility index (Phi) is 4.42. The Morgan fingerprint density at radius 2 is 2.00 bits per heavy atom. The fourth-order valence-electron chi connectivity index (χ4n) is 4.59. The predicted molar refractivity (Wildman–Crippen MR) is 109 cm³/mol. The number of hydrogen-bond acceptors (Lipinski definition) is 3. The molecule has 0 spiro atoms. The van der Waals surface area contributed by atoms with Crippen LogP contribution in [0.15, 0.2) is 59.7 Å². The largest absolute Gasteiger partial charge is 0.344 e. The second kappa shape index (κ2) is 7.24. The average molecular weight is 389 g/mol. The normalized spacial score (nSPS) is 20.2. The highest BCUT2D eigenvalue weighted by Crippen LogP contribution is 2.35. The van der Waals surface area contributed by atoms with E-state index in [0.717, 1.165) is 17.7 Å². The predicted octanol–water partition coefficient (Wildman–Crippen LogP) is 2.57. The number of amides is 2. The van der Waals surface area contributed by atoms with Gasteiger partial charge in [-0.25, -0.2) is 9.78 Å². The van der Waals surface area contributed by atoms with Crippen molar-refractivity contribution in [1.29, 1.82) is 0 Å². The molecule has 2 bridgehead atoms. The van der Waals surface area contributed by atoms with Crippen LogP contribution in [-0.4, -0.2) is 38.6 Å². The first kappa shape index (κ1) is 17.7. The van der Waals surface area contributed by atoms with Crippen molar-refractivity contribution >= 4 is 6.03 Å². The number of aromatic nitrogens is 3. The lowest BCUT2D eigenvalue weighted by Gasteiger charge is -2.42. The van der Waals surface area contributed by atoms with Gasteiger partial charge in [0.25, 0.3) is 5.56 Å². The van der Waals surface area contributed by atoms with Crippen LogP contribution in [0.2, 0.25) is 0 Å². The van der Waals surface area contributed by atoms with Crippen molar-refractivity contribution in [1.82, 2.24) is 24.8 Å². The first-order valence-corrected chi connectivity index (χ1v) is 9.99. The van der Waals surface area contributed by atoms with E-state index < -0.39 is 0 Å². The third-order valence-corrected chi connectivity index (χ3v) is 5.93. The van der Waals surface area contributed by atoms with Crippen molar-refractivity contribution in [2.75, 3.05) is 13.1 Å². The van der Waals surface area contributed by atoms with E-state index in [1.807, 2.05) is 51.9 Å². The Balaban J connectivity index is 1.34. The minimum atomic E-state index is -0.0356. The maximum absolute atomic E-state index is 13.0. The van der Waals surface area contributed by atoms with Crippen molar-refractivity contribution < 1.29 is 4.79 Å². The van der Waals surface area contributed by atoms with E-state index in [-0.39, 0.29) is 23.4 Å². The number of carbonyl (C=O) groups is 1. The molecular weight excluding hydrogens is 366 g/mol. The molecule has 2 N–H and O–H groups in total. The molecule has 4 heterocycles. The molecule has 2 aliphatic heterocycles. The number of carbonyl (C=O) groups excluding carboxylic acids is 1. The zero-order valence-corrected chi connectivity index (χ0v) is 16.0. The second-order valence-corrected chi connectivity index (χ2v) is 7.87. The molecule has 0 unspecified atom stereocenters. The summed E-state index contributed by atoms with van der Waals surface area (Å²) in [5.41, 5.74) is 2.69. The van der Waals surface area contributed by atoms with E-state index >= 15 is 0 Å². The molecule has 3 aromatic rings. The number of hydrogen-bond donors (Lipinski definition) is 2. The molecule has 0 saturated carbocycles. The molecule has 2 atom stereocenters. The van der Waals surface area contributed by atoms with Crippen LogP contribution in [0.1, 0.15) is 23.6 Å². The number of urea groups is 1. The number of fused-ring (bicyclic) bond motifs is 4. The summed E-state index contributed by atoms with van der Waals surface area (Å²) in [7, 11) is 0. The van der Waals surface area contributed by atoms with E-state index in [9.17, 15) is 9.59 Å². The summed E-state index contributed by atoms with van der Waals surface area (Å²) in [6.45, 7) is 2.47. The van der Waals surface area contributed by atoms with E-state index in [0.29, 0.717) is 37.6 Å². The first-order chi connectivity index (χ1) is 14.2. The van der Waals surface area contributed by atoms with Crippen LogP contribution >= 0.6 is 0 Å². The van der Waals surface area contributed by atoms with Gasteiger partial charge in [-0.05, 0) is 30.0 Å². The summed E-state index contributed by atoms with van der Waals surface area (Å²) < 4.78 is 1.88. The van der Waals surface area contributed by atoms with E-state index in [1.165, 1.54) is 0 Å². The summed E-state index contributed by atoms with van der Waals surface area (Å²) in [6.07, 6.45) is 4.39. The van der Waals surface area contributed by atoms with Gasteiger partial charge in [-0.3, -0.25) is 4.79 Å². The number of H-pyrrole nitrogens is 1. The highest BCUT2D eigenvalue weighted by Gasteiger charge is 2.36. The van der Waals surface area contributed by atoms with Gasteiger partial charge in [-0.2, -0.15) is 0 Å². The molecule has 148 valence electrons. The molecule has 0 radical (unpaired) electrons. The van der Waals surface area contributed by atoms with Crippen LogP contribution in [0.5, 0.6) is 0 Å². The number of aromatic amines is 1. The Morgan fingerprint density at radius 1 is 1.14 bits per heavy atom. The highest BCUT2D eigenvalue weighted by molar-refractivity contribution is 5.74.